The van der Waals surface area contributed by atoms with E-state index in [-0.39, 0.29) is 6.10 Å². The molecule has 2 heterocycles. The molecule has 7 nitrogen and oxygen atoms in total. The van der Waals surface area contributed by atoms with Crippen LogP contribution < -0.4 is 19.0 Å². The van der Waals surface area contributed by atoms with Crippen molar-refractivity contribution in [2.45, 2.75) is 18.9 Å². The molecule has 0 radical (unpaired) electrons. The highest BCUT2D eigenvalue weighted by Gasteiger charge is 2.17. The Kier molecular flexibility index (Phi) is 7.69. The molecule has 1 unspecified atom stereocenters. The summed E-state index contributed by atoms with van der Waals surface area (Å²) in [5, 5.41) is 7.50. The highest BCUT2D eigenvalue weighted by molar-refractivity contribution is 7.07. The molecule has 0 bridgehead atoms. The third-order valence-corrected chi connectivity index (χ3v) is 6.43. The Hall–Kier alpha value is -2.81. The number of ether oxygens (including phenoxy) is 4. The maximum absolute atomic E-state index is 6.09. The Balaban J connectivity index is 1.76. The van der Waals surface area contributed by atoms with Gasteiger partial charge in [0.1, 0.15) is 0 Å². The number of thiazole rings is 1. The minimum absolute atomic E-state index is 0.162. The molecule has 0 saturated carbocycles. The van der Waals surface area contributed by atoms with Crippen LogP contribution in [0, 0.1) is 0 Å². The van der Waals surface area contributed by atoms with Crippen LogP contribution in [0.1, 0.15) is 18.4 Å². The number of benzene rings is 2. The Morgan fingerprint density at radius 1 is 1.09 bits per heavy atom. The fourth-order valence-corrected chi connectivity index (χ4v) is 4.63. The molecule has 1 fully saturated rings. The maximum atomic E-state index is 6.09. The molecule has 1 aromatic heterocycles. The minimum atomic E-state index is 0.162. The molecular weight excluding hydrogens is 462 g/mol. The van der Waals surface area contributed by atoms with Gasteiger partial charge in [-0.05, 0) is 37.1 Å². The summed E-state index contributed by atoms with van der Waals surface area (Å²) in [4.78, 5) is 5.59. The lowest BCUT2D eigenvalue weighted by atomic mass is 10.2. The Morgan fingerprint density at radius 3 is 2.55 bits per heavy atom. The summed E-state index contributed by atoms with van der Waals surface area (Å²) in [6.07, 6.45) is 4.01. The van der Waals surface area contributed by atoms with E-state index in [0.717, 1.165) is 41.1 Å². The summed E-state index contributed by atoms with van der Waals surface area (Å²) >= 11 is 7.63. The van der Waals surface area contributed by atoms with Crippen molar-refractivity contribution in [1.29, 1.82) is 0 Å². The maximum Gasteiger partial charge on any atom is 0.206 e. The van der Waals surface area contributed by atoms with Crippen molar-refractivity contribution in [2.75, 3.05) is 34.5 Å². The van der Waals surface area contributed by atoms with Gasteiger partial charge in [-0.2, -0.15) is 5.10 Å². The first-order chi connectivity index (χ1) is 16.1. The smallest absolute Gasteiger partial charge is 0.206 e. The Morgan fingerprint density at radius 2 is 1.88 bits per heavy atom. The highest BCUT2D eigenvalue weighted by Crippen LogP contribution is 2.39. The van der Waals surface area contributed by atoms with E-state index in [1.807, 2.05) is 46.5 Å². The quantitative estimate of drug-likeness (QED) is 0.426. The first-order valence-electron chi connectivity index (χ1n) is 10.6. The van der Waals surface area contributed by atoms with Crippen molar-refractivity contribution >= 4 is 29.2 Å². The fourth-order valence-electron chi connectivity index (χ4n) is 3.65. The van der Waals surface area contributed by atoms with Crippen LogP contribution in [0.25, 0.3) is 11.3 Å². The zero-order valence-electron chi connectivity index (χ0n) is 18.8. The average molecular weight is 488 g/mol. The Labute approximate surface area is 201 Å². The monoisotopic (exact) mass is 487 g/mol. The summed E-state index contributed by atoms with van der Waals surface area (Å²) in [5.74, 6) is 1.64. The van der Waals surface area contributed by atoms with Crippen molar-refractivity contribution in [1.82, 2.24) is 4.68 Å². The van der Waals surface area contributed by atoms with Crippen molar-refractivity contribution in [2.24, 2.45) is 10.1 Å². The number of nitrogens with zero attached hydrogens (tertiary/aromatic N) is 3. The number of rotatable bonds is 8. The largest absolute Gasteiger partial charge is 0.493 e. The van der Waals surface area contributed by atoms with Gasteiger partial charge in [0.05, 0.1) is 45.9 Å². The van der Waals surface area contributed by atoms with E-state index < -0.39 is 0 Å². The van der Waals surface area contributed by atoms with Crippen LogP contribution in [0.2, 0.25) is 5.02 Å². The van der Waals surface area contributed by atoms with Crippen molar-refractivity contribution in [3.8, 4) is 28.5 Å². The summed E-state index contributed by atoms with van der Waals surface area (Å²) in [5.41, 5.74) is 2.66. The molecule has 1 aliphatic rings. The van der Waals surface area contributed by atoms with Crippen LogP contribution in [0.4, 0.5) is 0 Å². The van der Waals surface area contributed by atoms with E-state index in [2.05, 4.69) is 0 Å². The molecule has 1 atom stereocenters. The summed E-state index contributed by atoms with van der Waals surface area (Å²) in [6.45, 7) is 1.41. The van der Waals surface area contributed by atoms with Crippen LogP contribution in [0.15, 0.2) is 51.9 Å². The highest BCUT2D eigenvalue weighted by atomic mass is 35.5. The summed E-state index contributed by atoms with van der Waals surface area (Å²) < 4.78 is 24.0. The first kappa shape index (κ1) is 23.4. The molecule has 1 saturated heterocycles. The van der Waals surface area contributed by atoms with Gasteiger partial charge in [0.2, 0.25) is 10.6 Å². The van der Waals surface area contributed by atoms with E-state index >= 15 is 0 Å². The molecule has 0 spiro atoms. The lowest BCUT2D eigenvalue weighted by Crippen LogP contribution is -2.17. The van der Waals surface area contributed by atoms with Crippen LogP contribution in [0.5, 0.6) is 17.2 Å². The van der Waals surface area contributed by atoms with E-state index in [1.165, 1.54) is 11.3 Å². The van der Waals surface area contributed by atoms with Crippen LogP contribution in [-0.4, -0.2) is 51.5 Å². The lowest BCUT2D eigenvalue weighted by Gasteiger charge is -2.13. The van der Waals surface area contributed by atoms with Crippen molar-refractivity contribution < 1.29 is 18.9 Å². The van der Waals surface area contributed by atoms with Crippen LogP contribution in [0.3, 0.4) is 0 Å². The predicted molar refractivity (Wildman–Crippen MR) is 131 cm³/mol. The number of hydrogen-bond acceptors (Lipinski definition) is 7. The molecule has 9 heteroatoms. The Bertz CT molecular complexity index is 1180. The van der Waals surface area contributed by atoms with Crippen LogP contribution >= 0.6 is 22.9 Å². The third kappa shape index (κ3) is 5.24. The van der Waals surface area contributed by atoms with Crippen LogP contribution in [-0.2, 0) is 4.74 Å². The van der Waals surface area contributed by atoms with Crippen molar-refractivity contribution in [3.05, 3.63) is 57.2 Å². The van der Waals surface area contributed by atoms with E-state index in [9.17, 15) is 0 Å². The predicted octanol–water partition coefficient (Wildman–Crippen LogP) is 4.86. The standard InChI is InChI=1S/C24H26ClN3O4S/c1-29-21-11-8-17(22(30-2)23(21)31-3)13-27-28-20(16-6-9-18(25)10-7-16)15-33-24(28)26-14-19-5-4-12-32-19/h6-11,13,15,19H,4-5,12,14H2,1-3H3. The van der Waals surface area contributed by atoms with Gasteiger partial charge in [0.15, 0.2) is 11.5 Å². The van der Waals surface area contributed by atoms with Gasteiger partial charge in [0.25, 0.3) is 0 Å². The first-order valence-corrected chi connectivity index (χ1v) is 11.8. The molecule has 33 heavy (non-hydrogen) atoms. The van der Waals surface area contributed by atoms with Gasteiger partial charge in [-0.3, -0.25) is 4.99 Å². The molecular formula is C24H26ClN3O4S. The van der Waals surface area contributed by atoms with Gasteiger partial charge in [-0.1, -0.05) is 23.7 Å². The van der Waals surface area contributed by atoms with E-state index in [4.69, 9.17) is 40.6 Å². The topological polar surface area (TPSA) is 66.6 Å². The van der Waals surface area contributed by atoms with E-state index in [0.29, 0.717) is 28.8 Å². The fraction of sp³-hybridized carbons (Fsp3) is 0.333. The average Bonchev–Trinajstić information content (AvgIpc) is 3.51. The number of hydrogen-bond donors (Lipinski definition) is 0. The minimum Gasteiger partial charge on any atom is -0.493 e. The zero-order chi connectivity index (χ0) is 23.2. The summed E-state index contributed by atoms with van der Waals surface area (Å²) in [6, 6.07) is 11.4. The number of aromatic nitrogens is 1. The summed E-state index contributed by atoms with van der Waals surface area (Å²) in [7, 11) is 4.76. The normalized spacial score (nSPS) is 16.5. The van der Waals surface area contributed by atoms with Gasteiger partial charge >= 0.3 is 0 Å². The van der Waals surface area contributed by atoms with Gasteiger partial charge in [-0.25, -0.2) is 4.68 Å². The second-order valence-electron chi connectivity index (χ2n) is 7.37. The third-order valence-electron chi connectivity index (χ3n) is 5.33. The van der Waals surface area contributed by atoms with Gasteiger partial charge in [-0.15, -0.1) is 11.3 Å². The SMILES string of the molecule is COc1ccc(C=Nn2c(-c3ccc(Cl)cc3)csc2=NCC2CCCO2)c(OC)c1OC. The van der Waals surface area contributed by atoms with Gasteiger partial charge in [0, 0.05) is 28.1 Å². The molecule has 0 amide bonds. The van der Waals surface area contributed by atoms with Gasteiger partial charge < -0.3 is 18.9 Å². The second-order valence-corrected chi connectivity index (χ2v) is 8.64. The molecule has 0 N–H and O–H groups in total. The molecule has 3 aromatic rings. The zero-order valence-corrected chi connectivity index (χ0v) is 20.4. The molecule has 4 rings (SSSR count). The van der Waals surface area contributed by atoms with E-state index in [1.54, 1.807) is 27.5 Å². The molecule has 174 valence electrons. The number of methoxy groups -OCH3 is 3. The molecule has 0 aliphatic carbocycles. The second kappa shape index (κ2) is 10.9. The van der Waals surface area contributed by atoms with Crippen molar-refractivity contribution in [3.63, 3.8) is 0 Å². The lowest BCUT2D eigenvalue weighted by molar-refractivity contribution is 0.117. The number of halogens is 1. The molecule has 2 aromatic carbocycles. The molecule has 1 aliphatic heterocycles.